The third-order valence-electron chi connectivity index (χ3n) is 2.91. The first-order valence-corrected chi connectivity index (χ1v) is 6.55. The van der Waals surface area contributed by atoms with Gasteiger partial charge in [0.1, 0.15) is 12.2 Å². The largest absolute Gasteiger partial charge is 0.331 e. The maximum absolute atomic E-state index is 12.0. The molecule has 6 nitrogen and oxygen atoms in total. The lowest BCUT2D eigenvalue weighted by atomic mass is 10.1. The molecule has 106 valence electrons. The summed E-state index contributed by atoms with van der Waals surface area (Å²) in [7, 11) is 1.70. The second kappa shape index (κ2) is 6.38. The summed E-state index contributed by atoms with van der Waals surface area (Å²) >= 11 is 5.84. The Labute approximate surface area is 122 Å². The summed E-state index contributed by atoms with van der Waals surface area (Å²) in [5.41, 5.74) is 0.996. The van der Waals surface area contributed by atoms with Gasteiger partial charge in [-0.05, 0) is 24.6 Å². The van der Waals surface area contributed by atoms with Gasteiger partial charge in [0.25, 0.3) is 0 Å². The van der Waals surface area contributed by atoms with Crippen LogP contribution in [0.15, 0.2) is 30.6 Å². The van der Waals surface area contributed by atoms with Crippen LogP contribution in [0.1, 0.15) is 24.4 Å². The first-order chi connectivity index (χ1) is 9.56. The van der Waals surface area contributed by atoms with Crippen molar-refractivity contribution in [2.24, 2.45) is 0 Å². The molecule has 2 aromatic rings. The maximum atomic E-state index is 12.0. The van der Waals surface area contributed by atoms with Crippen molar-refractivity contribution in [1.82, 2.24) is 25.4 Å². The van der Waals surface area contributed by atoms with Crippen molar-refractivity contribution in [2.45, 2.75) is 19.5 Å². The number of urea groups is 1. The summed E-state index contributed by atoms with van der Waals surface area (Å²) in [6, 6.07) is 7.11. The monoisotopic (exact) mass is 293 g/mol. The van der Waals surface area contributed by atoms with Crippen LogP contribution in [0, 0.1) is 0 Å². The highest BCUT2D eigenvalue weighted by Crippen LogP contribution is 2.16. The quantitative estimate of drug-likeness (QED) is 0.909. The molecular formula is C13H16ClN5O. The topological polar surface area (TPSA) is 73.9 Å². The van der Waals surface area contributed by atoms with Crippen LogP contribution in [0.25, 0.3) is 0 Å². The molecule has 0 aliphatic carbocycles. The molecule has 7 heteroatoms. The highest BCUT2D eigenvalue weighted by atomic mass is 35.5. The predicted octanol–water partition coefficient (Wildman–Crippen LogP) is 2.36. The Morgan fingerprint density at radius 3 is 2.75 bits per heavy atom. The smallest absolute Gasteiger partial charge is 0.318 e. The Bertz CT molecular complexity index is 555. The number of aromatic nitrogens is 3. The van der Waals surface area contributed by atoms with Crippen molar-refractivity contribution in [3.8, 4) is 0 Å². The third-order valence-corrected chi connectivity index (χ3v) is 3.16. The van der Waals surface area contributed by atoms with E-state index >= 15 is 0 Å². The number of nitrogens with one attached hydrogen (secondary N) is 2. The van der Waals surface area contributed by atoms with Crippen LogP contribution in [0.4, 0.5) is 4.79 Å². The molecule has 0 fully saturated rings. The van der Waals surface area contributed by atoms with E-state index in [-0.39, 0.29) is 12.1 Å². The summed E-state index contributed by atoms with van der Waals surface area (Å²) < 4.78 is 0. The molecule has 1 atom stereocenters. The van der Waals surface area contributed by atoms with Gasteiger partial charge in [-0.2, -0.15) is 5.10 Å². The lowest BCUT2D eigenvalue weighted by molar-refractivity contribution is 0.202. The number of amides is 2. The molecule has 1 aromatic carbocycles. The van der Waals surface area contributed by atoms with E-state index in [0.717, 1.165) is 5.56 Å². The summed E-state index contributed by atoms with van der Waals surface area (Å²) in [4.78, 5) is 17.6. The summed E-state index contributed by atoms with van der Waals surface area (Å²) in [6.45, 7) is 2.29. The fourth-order valence-electron chi connectivity index (χ4n) is 1.73. The number of H-pyrrole nitrogens is 1. The molecule has 0 bridgehead atoms. The van der Waals surface area contributed by atoms with Gasteiger partial charge in [-0.1, -0.05) is 23.7 Å². The first kappa shape index (κ1) is 14.3. The zero-order valence-electron chi connectivity index (χ0n) is 11.3. The Balaban J connectivity index is 1.91. The number of hydrogen-bond donors (Lipinski definition) is 2. The molecule has 1 aromatic heterocycles. The summed E-state index contributed by atoms with van der Waals surface area (Å²) in [5, 5.41) is 10.0. The van der Waals surface area contributed by atoms with E-state index in [1.807, 2.05) is 19.1 Å². The second-order valence-electron chi connectivity index (χ2n) is 4.51. The van der Waals surface area contributed by atoms with E-state index in [0.29, 0.717) is 17.4 Å². The Hall–Kier alpha value is -2.08. The van der Waals surface area contributed by atoms with Crippen molar-refractivity contribution in [2.75, 3.05) is 7.05 Å². The molecule has 1 heterocycles. The maximum Gasteiger partial charge on any atom is 0.318 e. The average Bonchev–Trinajstić information content (AvgIpc) is 2.92. The minimum atomic E-state index is -0.177. The van der Waals surface area contributed by atoms with Gasteiger partial charge in [0, 0.05) is 12.1 Å². The van der Waals surface area contributed by atoms with E-state index < -0.39 is 0 Å². The van der Waals surface area contributed by atoms with Crippen LogP contribution in [0.2, 0.25) is 5.02 Å². The van der Waals surface area contributed by atoms with E-state index in [1.165, 1.54) is 11.2 Å². The van der Waals surface area contributed by atoms with Crippen LogP contribution >= 0.6 is 11.6 Å². The fourth-order valence-corrected chi connectivity index (χ4v) is 1.86. The van der Waals surface area contributed by atoms with Gasteiger partial charge in [-0.25, -0.2) is 9.78 Å². The average molecular weight is 294 g/mol. The highest BCUT2D eigenvalue weighted by molar-refractivity contribution is 6.30. The molecule has 20 heavy (non-hydrogen) atoms. The Morgan fingerprint density at radius 2 is 2.15 bits per heavy atom. The molecule has 2 amide bonds. The van der Waals surface area contributed by atoms with Crippen LogP contribution < -0.4 is 5.32 Å². The van der Waals surface area contributed by atoms with E-state index in [9.17, 15) is 4.79 Å². The number of carbonyl (C=O) groups excluding carboxylic acids is 1. The molecular weight excluding hydrogens is 278 g/mol. The number of benzene rings is 1. The van der Waals surface area contributed by atoms with Crippen molar-refractivity contribution in [3.63, 3.8) is 0 Å². The molecule has 2 rings (SSSR count). The molecule has 0 saturated carbocycles. The minimum absolute atomic E-state index is 0.100. The normalized spacial score (nSPS) is 11.9. The van der Waals surface area contributed by atoms with Gasteiger partial charge in [-0.3, -0.25) is 5.10 Å². The molecule has 0 aliphatic rings. The van der Waals surface area contributed by atoms with Gasteiger partial charge in [0.2, 0.25) is 0 Å². The lowest BCUT2D eigenvalue weighted by Gasteiger charge is -2.20. The zero-order chi connectivity index (χ0) is 14.5. The van der Waals surface area contributed by atoms with Gasteiger partial charge in [-0.15, -0.1) is 0 Å². The number of hydrogen-bond acceptors (Lipinski definition) is 3. The summed E-state index contributed by atoms with van der Waals surface area (Å²) in [6.07, 6.45) is 1.41. The molecule has 0 radical (unpaired) electrons. The Kier molecular flexibility index (Phi) is 4.57. The SMILES string of the molecule is C[C@@H](NC(=O)N(C)Cc1ncn[nH]1)c1ccc(Cl)cc1. The van der Waals surface area contributed by atoms with E-state index in [4.69, 9.17) is 11.6 Å². The number of halogens is 1. The molecule has 0 saturated heterocycles. The molecule has 0 spiro atoms. The highest BCUT2D eigenvalue weighted by Gasteiger charge is 2.14. The third kappa shape index (κ3) is 3.71. The van der Waals surface area contributed by atoms with Crippen molar-refractivity contribution in [1.29, 1.82) is 0 Å². The van der Waals surface area contributed by atoms with E-state index in [1.54, 1.807) is 19.2 Å². The van der Waals surface area contributed by atoms with Crippen LogP contribution in [0.5, 0.6) is 0 Å². The second-order valence-corrected chi connectivity index (χ2v) is 4.95. The van der Waals surface area contributed by atoms with Gasteiger partial charge in [0.05, 0.1) is 12.6 Å². The summed E-state index contributed by atoms with van der Waals surface area (Å²) in [5.74, 6) is 0.641. The Morgan fingerprint density at radius 1 is 1.45 bits per heavy atom. The first-order valence-electron chi connectivity index (χ1n) is 6.17. The molecule has 0 unspecified atom stereocenters. The van der Waals surface area contributed by atoms with Crippen molar-refractivity contribution >= 4 is 17.6 Å². The van der Waals surface area contributed by atoms with Crippen LogP contribution in [0.3, 0.4) is 0 Å². The number of aromatic amines is 1. The minimum Gasteiger partial charge on any atom is -0.331 e. The fraction of sp³-hybridized carbons (Fsp3) is 0.308. The number of carbonyl (C=O) groups is 1. The van der Waals surface area contributed by atoms with Crippen LogP contribution in [-0.2, 0) is 6.54 Å². The predicted molar refractivity (Wildman–Crippen MR) is 76.2 cm³/mol. The van der Waals surface area contributed by atoms with Crippen molar-refractivity contribution in [3.05, 3.63) is 47.0 Å². The number of rotatable bonds is 4. The lowest BCUT2D eigenvalue weighted by Crippen LogP contribution is -2.38. The molecule has 2 N–H and O–H groups in total. The zero-order valence-corrected chi connectivity index (χ0v) is 12.1. The van der Waals surface area contributed by atoms with Crippen molar-refractivity contribution < 1.29 is 4.79 Å². The van der Waals surface area contributed by atoms with Gasteiger partial charge < -0.3 is 10.2 Å². The van der Waals surface area contributed by atoms with Crippen LogP contribution in [-0.4, -0.2) is 33.2 Å². The van der Waals surface area contributed by atoms with Gasteiger partial charge in [0.15, 0.2) is 0 Å². The molecule has 0 aliphatic heterocycles. The van der Waals surface area contributed by atoms with E-state index in [2.05, 4.69) is 20.5 Å². The van der Waals surface area contributed by atoms with Gasteiger partial charge >= 0.3 is 6.03 Å². The standard InChI is InChI=1S/C13H16ClN5O/c1-9(10-3-5-11(14)6-4-10)17-13(20)19(2)7-12-15-8-16-18-12/h3-6,8-9H,7H2,1-2H3,(H,17,20)(H,15,16,18)/t9-/m1/s1. The number of nitrogens with zero attached hydrogens (tertiary/aromatic N) is 3.